The van der Waals surface area contributed by atoms with Crippen molar-refractivity contribution in [2.24, 2.45) is 0 Å². The molecular weight excluding hydrogens is 364 g/mol. The fourth-order valence-electron chi connectivity index (χ4n) is 3.81. The third-order valence-electron chi connectivity index (χ3n) is 4.85. The zero-order valence-electron chi connectivity index (χ0n) is 17.0. The summed E-state index contributed by atoms with van der Waals surface area (Å²) in [4.78, 5) is 23.9. The molecule has 28 heavy (non-hydrogen) atoms. The van der Waals surface area contributed by atoms with Gasteiger partial charge in [0.2, 0.25) is 0 Å². The fraction of sp³-hybridized carbons (Fsp3) is 0.524. The van der Waals surface area contributed by atoms with Gasteiger partial charge in [0.1, 0.15) is 34.9 Å². The number of hydrogen-bond donors (Lipinski definition) is 0. The molecule has 7 nitrogen and oxygen atoms in total. The van der Waals surface area contributed by atoms with Crippen molar-refractivity contribution in [3.05, 3.63) is 47.0 Å². The fourth-order valence-corrected chi connectivity index (χ4v) is 3.81. The molecule has 0 amide bonds. The van der Waals surface area contributed by atoms with E-state index >= 15 is 0 Å². The first kappa shape index (κ1) is 20.4. The van der Waals surface area contributed by atoms with E-state index in [-0.39, 0.29) is 5.97 Å². The zero-order valence-corrected chi connectivity index (χ0v) is 17.0. The van der Waals surface area contributed by atoms with Gasteiger partial charge < -0.3 is 23.4 Å². The molecule has 1 aromatic heterocycles. The summed E-state index contributed by atoms with van der Waals surface area (Å²) in [6.07, 6.45) is 4.64. The normalized spacial score (nSPS) is 29.2. The standard InChI is InChI=1S/C21H26O7/c1-7-8-13-9-14(26-18(13)22)11-21(5)17(27-20(3,4)28-21)16-10-15(12(2)25-16)19(23)24-6/h7-10,14,17H,11H2,1-6H3/b8-7+/t14-,17-,21+/m1/s1. The number of ether oxygens (including phenoxy) is 4. The lowest BCUT2D eigenvalue weighted by molar-refractivity contribution is -0.166. The van der Waals surface area contributed by atoms with Crippen molar-refractivity contribution in [3.63, 3.8) is 0 Å². The van der Waals surface area contributed by atoms with Gasteiger partial charge in [-0.3, -0.25) is 0 Å². The van der Waals surface area contributed by atoms with E-state index in [0.29, 0.717) is 29.1 Å². The van der Waals surface area contributed by atoms with E-state index in [4.69, 9.17) is 23.4 Å². The smallest absolute Gasteiger partial charge is 0.341 e. The first-order valence-electron chi connectivity index (χ1n) is 9.20. The third kappa shape index (κ3) is 3.77. The molecule has 0 unspecified atom stereocenters. The summed E-state index contributed by atoms with van der Waals surface area (Å²) < 4.78 is 28.4. The Bertz CT molecular complexity index is 845. The Balaban J connectivity index is 1.90. The van der Waals surface area contributed by atoms with Gasteiger partial charge in [0.15, 0.2) is 5.79 Å². The molecule has 7 heteroatoms. The maximum Gasteiger partial charge on any atom is 0.341 e. The van der Waals surface area contributed by atoms with E-state index in [0.717, 1.165) is 0 Å². The maximum absolute atomic E-state index is 12.0. The Hall–Kier alpha value is -2.38. The largest absolute Gasteiger partial charge is 0.465 e. The number of allylic oxidation sites excluding steroid dienone is 1. The Morgan fingerprint density at radius 3 is 2.68 bits per heavy atom. The van der Waals surface area contributed by atoms with Crippen LogP contribution >= 0.6 is 0 Å². The van der Waals surface area contributed by atoms with Gasteiger partial charge in [-0.2, -0.15) is 0 Å². The predicted molar refractivity (Wildman–Crippen MR) is 99.6 cm³/mol. The zero-order chi connectivity index (χ0) is 20.7. The first-order chi connectivity index (χ1) is 13.1. The Labute approximate surface area is 164 Å². The van der Waals surface area contributed by atoms with Crippen LogP contribution in [0.1, 0.15) is 62.1 Å². The summed E-state index contributed by atoms with van der Waals surface area (Å²) in [6.45, 7) is 9.04. The number of carbonyl (C=O) groups excluding carboxylic acids is 2. The minimum absolute atomic E-state index is 0.343. The average molecular weight is 390 g/mol. The van der Waals surface area contributed by atoms with E-state index < -0.39 is 29.6 Å². The van der Waals surface area contributed by atoms with Gasteiger partial charge >= 0.3 is 11.9 Å². The molecule has 0 saturated carbocycles. The molecule has 3 atom stereocenters. The summed E-state index contributed by atoms with van der Waals surface area (Å²) in [5, 5.41) is 0. The van der Waals surface area contributed by atoms with E-state index in [1.54, 1.807) is 31.2 Å². The molecular formula is C21H26O7. The molecule has 3 rings (SSSR count). The Morgan fingerprint density at radius 2 is 2.04 bits per heavy atom. The van der Waals surface area contributed by atoms with Gasteiger partial charge in [-0.25, -0.2) is 9.59 Å². The quantitative estimate of drug-likeness (QED) is 0.708. The summed E-state index contributed by atoms with van der Waals surface area (Å²) in [5.74, 6) is -0.795. The number of rotatable bonds is 5. The monoisotopic (exact) mass is 390 g/mol. The number of aryl methyl sites for hydroxylation is 1. The van der Waals surface area contributed by atoms with Crippen molar-refractivity contribution in [3.8, 4) is 0 Å². The van der Waals surface area contributed by atoms with Gasteiger partial charge in [0.05, 0.1) is 12.7 Å². The van der Waals surface area contributed by atoms with Crippen LogP contribution in [0.3, 0.4) is 0 Å². The maximum atomic E-state index is 12.0. The van der Waals surface area contributed by atoms with Crippen LogP contribution in [0.15, 0.2) is 34.3 Å². The molecule has 1 saturated heterocycles. The van der Waals surface area contributed by atoms with Crippen LogP contribution in [-0.2, 0) is 23.7 Å². The lowest BCUT2D eigenvalue weighted by atomic mass is 9.90. The summed E-state index contributed by atoms with van der Waals surface area (Å²) in [5.41, 5.74) is 0.0249. The molecule has 1 aromatic rings. The third-order valence-corrected chi connectivity index (χ3v) is 4.85. The van der Waals surface area contributed by atoms with Crippen LogP contribution in [-0.4, -0.2) is 36.5 Å². The van der Waals surface area contributed by atoms with Gasteiger partial charge in [-0.1, -0.05) is 12.2 Å². The van der Waals surface area contributed by atoms with Gasteiger partial charge in [0, 0.05) is 6.42 Å². The number of carbonyl (C=O) groups is 2. The van der Waals surface area contributed by atoms with Crippen molar-refractivity contribution in [1.82, 2.24) is 0 Å². The minimum Gasteiger partial charge on any atom is -0.465 e. The second-order valence-electron chi connectivity index (χ2n) is 7.69. The molecule has 0 radical (unpaired) electrons. The number of furan rings is 1. The lowest BCUT2D eigenvalue weighted by Crippen LogP contribution is -2.36. The average Bonchev–Trinajstić information content (AvgIpc) is 3.21. The Kier molecular flexibility index (Phi) is 5.25. The van der Waals surface area contributed by atoms with Crippen molar-refractivity contribution in [2.45, 2.75) is 64.6 Å². The summed E-state index contributed by atoms with van der Waals surface area (Å²) >= 11 is 0. The van der Waals surface area contributed by atoms with E-state index in [2.05, 4.69) is 0 Å². The Morgan fingerprint density at radius 1 is 1.32 bits per heavy atom. The van der Waals surface area contributed by atoms with Gasteiger partial charge in [-0.05, 0) is 46.8 Å². The number of cyclic esters (lactones) is 1. The highest BCUT2D eigenvalue weighted by atomic mass is 16.8. The van der Waals surface area contributed by atoms with Gasteiger partial charge in [0.25, 0.3) is 0 Å². The van der Waals surface area contributed by atoms with Crippen molar-refractivity contribution < 1.29 is 33.0 Å². The van der Waals surface area contributed by atoms with Gasteiger partial charge in [-0.15, -0.1) is 0 Å². The predicted octanol–water partition coefficient (Wildman–Crippen LogP) is 3.78. The molecule has 2 aliphatic heterocycles. The molecule has 152 valence electrons. The van der Waals surface area contributed by atoms with Crippen molar-refractivity contribution in [2.75, 3.05) is 7.11 Å². The molecule has 1 fully saturated rings. The molecule has 0 aromatic carbocycles. The van der Waals surface area contributed by atoms with E-state index in [1.807, 2.05) is 27.7 Å². The van der Waals surface area contributed by atoms with Crippen LogP contribution in [0.2, 0.25) is 0 Å². The van der Waals surface area contributed by atoms with E-state index in [1.165, 1.54) is 7.11 Å². The molecule has 3 heterocycles. The molecule has 0 spiro atoms. The van der Waals surface area contributed by atoms with Crippen molar-refractivity contribution >= 4 is 11.9 Å². The molecule has 2 aliphatic rings. The molecule has 0 aliphatic carbocycles. The van der Waals surface area contributed by atoms with E-state index in [9.17, 15) is 9.59 Å². The minimum atomic E-state index is -0.871. The van der Waals surface area contributed by atoms with Crippen LogP contribution in [0.25, 0.3) is 0 Å². The van der Waals surface area contributed by atoms with Crippen LogP contribution in [0.5, 0.6) is 0 Å². The number of esters is 2. The highest BCUT2D eigenvalue weighted by molar-refractivity contribution is 5.93. The highest BCUT2D eigenvalue weighted by Crippen LogP contribution is 2.49. The van der Waals surface area contributed by atoms with Crippen LogP contribution in [0.4, 0.5) is 0 Å². The molecule has 0 N–H and O–H groups in total. The van der Waals surface area contributed by atoms with Crippen LogP contribution < -0.4 is 0 Å². The van der Waals surface area contributed by atoms with Crippen LogP contribution in [0, 0.1) is 6.92 Å². The molecule has 0 bridgehead atoms. The lowest BCUT2D eigenvalue weighted by Gasteiger charge is -2.29. The summed E-state index contributed by atoms with van der Waals surface area (Å²) in [7, 11) is 1.32. The number of methoxy groups -OCH3 is 1. The van der Waals surface area contributed by atoms with Crippen molar-refractivity contribution in [1.29, 1.82) is 0 Å². The highest BCUT2D eigenvalue weighted by Gasteiger charge is 2.54. The number of hydrogen-bond acceptors (Lipinski definition) is 7. The topological polar surface area (TPSA) is 84.2 Å². The first-order valence-corrected chi connectivity index (χ1v) is 9.20. The second kappa shape index (κ2) is 7.22. The second-order valence-corrected chi connectivity index (χ2v) is 7.69. The summed E-state index contributed by atoms with van der Waals surface area (Å²) in [6, 6.07) is 1.62. The SMILES string of the molecule is C/C=C/C1=C[C@H](C[C@]2(C)OC(C)(C)O[C@@H]2c2cc(C(=O)OC)c(C)o2)OC1=O.